The molecule has 3 heterocycles. The van der Waals surface area contributed by atoms with E-state index in [0.717, 1.165) is 18.6 Å². The molecule has 0 saturated carbocycles. The number of thiophene rings is 1. The highest BCUT2D eigenvalue weighted by Gasteiger charge is 2.31. The molecule has 1 aromatic rings. The van der Waals surface area contributed by atoms with Gasteiger partial charge in [-0.3, -0.25) is 0 Å². The highest BCUT2D eigenvalue weighted by molar-refractivity contribution is 9.10. The molecule has 2 atom stereocenters. The first-order chi connectivity index (χ1) is 8.33. The number of fused-ring (bicyclic) bond motifs is 1. The van der Waals surface area contributed by atoms with Crippen molar-refractivity contribution in [3.63, 3.8) is 0 Å². The molecule has 2 saturated heterocycles. The average molecular weight is 315 g/mol. The number of rotatable bonds is 3. The summed E-state index contributed by atoms with van der Waals surface area (Å²) in [7, 11) is 0. The third-order valence-corrected chi connectivity index (χ3v) is 5.99. The SMILES string of the molecule is Brc1ccsc1CNC1CCN2CCCC2C1. The summed E-state index contributed by atoms with van der Waals surface area (Å²) < 4.78 is 1.26. The molecule has 1 aromatic heterocycles. The second kappa shape index (κ2) is 5.39. The molecule has 0 amide bonds. The van der Waals surface area contributed by atoms with Gasteiger partial charge in [-0.1, -0.05) is 0 Å². The third-order valence-electron chi connectivity index (χ3n) is 4.06. The summed E-state index contributed by atoms with van der Waals surface area (Å²) in [5.41, 5.74) is 0. The smallest absolute Gasteiger partial charge is 0.0327 e. The molecule has 0 aromatic carbocycles. The zero-order valence-electron chi connectivity index (χ0n) is 9.99. The lowest BCUT2D eigenvalue weighted by molar-refractivity contribution is 0.166. The lowest BCUT2D eigenvalue weighted by atomic mass is 9.97. The van der Waals surface area contributed by atoms with Crippen molar-refractivity contribution in [3.05, 3.63) is 20.8 Å². The average Bonchev–Trinajstić information content (AvgIpc) is 2.94. The minimum Gasteiger partial charge on any atom is -0.309 e. The van der Waals surface area contributed by atoms with E-state index in [1.54, 1.807) is 0 Å². The fourth-order valence-corrected chi connectivity index (χ4v) is 4.54. The van der Waals surface area contributed by atoms with Gasteiger partial charge in [-0.2, -0.15) is 0 Å². The van der Waals surface area contributed by atoms with Gasteiger partial charge in [0.25, 0.3) is 0 Å². The van der Waals surface area contributed by atoms with Crippen LogP contribution >= 0.6 is 27.3 Å². The van der Waals surface area contributed by atoms with Crippen molar-refractivity contribution >= 4 is 27.3 Å². The van der Waals surface area contributed by atoms with E-state index in [0.29, 0.717) is 0 Å². The Bertz CT molecular complexity index is 379. The molecule has 0 bridgehead atoms. The molecule has 4 heteroatoms. The van der Waals surface area contributed by atoms with Gasteiger partial charge in [-0.15, -0.1) is 11.3 Å². The van der Waals surface area contributed by atoms with E-state index >= 15 is 0 Å². The van der Waals surface area contributed by atoms with E-state index in [1.165, 1.54) is 48.1 Å². The van der Waals surface area contributed by atoms with Crippen LogP contribution in [0.2, 0.25) is 0 Å². The van der Waals surface area contributed by atoms with Gasteiger partial charge in [0.2, 0.25) is 0 Å². The standard InChI is InChI=1S/C13H19BrN2S/c14-12-4-7-17-13(12)9-15-10-3-6-16-5-1-2-11(16)8-10/h4,7,10-11,15H,1-3,5-6,8-9H2. The Morgan fingerprint density at radius 3 is 3.18 bits per heavy atom. The minimum atomic E-state index is 0.725. The first kappa shape index (κ1) is 12.2. The number of hydrogen-bond acceptors (Lipinski definition) is 3. The molecule has 1 N–H and O–H groups in total. The normalized spacial score (nSPS) is 29.5. The van der Waals surface area contributed by atoms with Gasteiger partial charge in [0, 0.05) is 28.0 Å². The van der Waals surface area contributed by atoms with E-state index in [4.69, 9.17) is 0 Å². The number of nitrogens with zero attached hydrogens (tertiary/aromatic N) is 1. The second-order valence-electron chi connectivity index (χ2n) is 5.13. The van der Waals surface area contributed by atoms with Gasteiger partial charge in [-0.25, -0.2) is 0 Å². The predicted octanol–water partition coefficient (Wildman–Crippen LogP) is 3.23. The second-order valence-corrected chi connectivity index (χ2v) is 6.98. The lowest BCUT2D eigenvalue weighted by Crippen LogP contribution is -2.45. The predicted molar refractivity (Wildman–Crippen MR) is 76.5 cm³/mol. The molecule has 2 fully saturated rings. The summed E-state index contributed by atoms with van der Waals surface area (Å²) in [6, 6.07) is 3.73. The van der Waals surface area contributed by atoms with Gasteiger partial charge in [0.15, 0.2) is 0 Å². The van der Waals surface area contributed by atoms with E-state index in [2.05, 4.69) is 37.6 Å². The van der Waals surface area contributed by atoms with Crippen LogP contribution in [0.1, 0.15) is 30.6 Å². The van der Waals surface area contributed by atoms with Gasteiger partial charge >= 0.3 is 0 Å². The molecule has 2 nitrogen and oxygen atoms in total. The monoisotopic (exact) mass is 314 g/mol. The first-order valence-electron chi connectivity index (χ1n) is 6.52. The van der Waals surface area contributed by atoms with E-state index < -0.39 is 0 Å². The highest BCUT2D eigenvalue weighted by atomic mass is 79.9. The molecule has 0 radical (unpaired) electrons. The van der Waals surface area contributed by atoms with Crippen LogP contribution in [0.3, 0.4) is 0 Å². The van der Waals surface area contributed by atoms with Crippen LogP contribution in [-0.2, 0) is 6.54 Å². The van der Waals surface area contributed by atoms with Gasteiger partial charge in [0.05, 0.1) is 0 Å². The highest BCUT2D eigenvalue weighted by Crippen LogP contribution is 2.28. The van der Waals surface area contributed by atoms with Crippen molar-refractivity contribution in [1.29, 1.82) is 0 Å². The molecule has 94 valence electrons. The van der Waals surface area contributed by atoms with Crippen LogP contribution in [-0.4, -0.2) is 30.1 Å². The first-order valence-corrected chi connectivity index (χ1v) is 8.19. The van der Waals surface area contributed by atoms with Crippen LogP contribution in [0.5, 0.6) is 0 Å². The Kier molecular flexibility index (Phi) is 3.85. The summed E-state index contributed by atoms with van der Waals surface area (Å²) in [5, 5.41) is 5.88. The van der Waals surface area contributed by atoms with Gasteiger partial charge in [0.1, 0.15) is 0 Å². The van der Waals surface area contributed by atoms with Crippen molar-refractivity contribution < 1.29 is 0 Å². The van der Waals surface area contributed by atoms with Crippen LogP contribution in [0.4, 0.5) is 0 Å². The summed E-state index contributed by atoms with van der Waals surface area (Å²) in [6.07, 6.45) is 5.50. The maximum absolute atomic E-state index is 3.73. The molecule has 2 aliphatic heterocycles. The Morgan fingerprint density at radius 1 is 1.41 bits per heavy atom. The zero-order valence-corrected chi connectivity index (χ0v) is 12.4. The molecule has 0 aliphatic carbocycles. The number of hydrogen-bond donors (Lipinski definition) is 1. The Balaban J connectivity index is 1.51. The van der Waals surface area contributed by atoms with Gasteiger partial charge in [-0.05, 0) is 66.1 Å². The van der Waals surface area contributed by atoms with Gasteiger partial charge < -0.3 is 10.2 Å². The summed E-state index contributed by atoms with van der Waals surface area (Å²) in [4.78, 5) is 4.11. The molecule has 0 spiro atoms. The topological polar surface area (TPSA) is 15.3 Å². The maximum Gasteiger partial charge on any atom is 0.0327 e. The summed E-state index contributed by atoms with van der Waals surface area (Å²) in [5.74, 6) is 0. The van der Waals surface area contributed by atoms with Crippen LogP contribution < -0.4 is 5.32 Å². The largest absolute Gasteiger partial charge is 0.309 e. The molecule has 3 rings (SSSR count). The fourth-order valence-electron chi connectivity index (χ4n) is 3.10. The molecule has 17 heavy (non-hydrogen) atoms. The number of piperidine rings is 1. The van der Waals surface area contributed by atoms with Crippen molar-refractivity contribution in [1.82, 2.24) is 10.2 Å². The van der Waals surface area contributed by atoms with E-state index in [-0.39, 0.29) is 0 Å². The van der Waals surface area contributed by atoms with E-state index in [1.807, 2.05) is 11.3 Å². The summed E-state index contributed by atoms with van der Waals surface area (Å²) >= 11 is 5.44. The van der Waals surface area contributed by atoms with Crippen molar-refractivity contribution in [2.45, 2.75) is 44.3 Å². The minimum absolute atomic E-state index is 0.725. The molecular formula is C13H19BrN2S. The molecule has 2 aliphatic rings. The maximum atomic E-state index is 3.73. The van der Waals surface area contributed by atoms with Crippen molar-refractivity contribution in [2.75, 3.05) is 13.1 Å². The zero-order chi connectivity index (χ0) is 11.7. The number of halogens is 1. The summed E-state index contributed by atoms with van der Waals surface area (Å²) in [6.45, 7) is 3.66. The Hall–Kier alpha value is 0.1000. The van der Waals surface area contributed by atoms with Crippen LogP contribution in [0, 0.1) is 0 Å². The van der Waals surface area contributed by atoms with Crippen molar-refractivity contribution in [2.24, 2.45) is 0 Å². The Morgan fingerprint density at radius 2 is 2.35 bits per heavy atom. The quantitative estimate of drug-likeness (QED) is 0.921. The van der Waals surface area contributed by atoms with E-state index in [9.17, 15) is 0 Å². The lowest BCUT2D eigenvalue weighted by Gasteiger charge is -2.35. The molecule has 2 unspecified atom stereocenters. The van der Waals surface area contributed by atoms with Crippen LogP contribution in [0.15, 0.2) is 15.9 Å². The molecular weight excluding hydrogens is 296 g/mol. The number of nitrogens with one attached hydrogen (secondary N) is 1. The fraction of sp³-hybridized carbons (Fsp3) is 0.692. The van der Waals surface area contributed by atoms with Crippen LogP contribution in [0.25, 0.3) is 0 Å². The third kappa shape index (κ3) is 2.75. The Labute approximate surface area is 116 Å². The van der Waals surface area contributed by atoms with Crippen molar-refractivity contribution in [3.8, 4) is 0 Å².